The van der Waals surface area contributed by atoms with Crippen molar-refractivity contribution in [3.8, 4) is 11.4 Å². The molecule has 0 unspecified atom stereocenters. The zero-order valence-corrected chi connectivity index (χ0v) is 16.2. The van der Waals surface area contributed by atoms with Gasteiger partial charge in [-0.15, -0.1) is 5.10 Å². The SMILES string of the molecule is CC(C)CN(C(=O)COc1cccc(-n2cnnn2)c1)[C@@H]1CCS(=O)(=O)C1. The van der Waals surface area contributed by atoms with Crippen molar-refractivity contribution in [1.82, 2.24) is 25.1 Å². The van der Waals surface area contributed by atoms with Crippen molar-refractivity contribution in [2.24, 2.45) is 5.92 Å². The van der Waals surface area contributed by atoms with Crippen molar-refractivity contribution in [3.05, 3.63) is 30.6 Å². The molecule has 1 atom stereocenters. The van der Waals surface area contributed by atoms with Gasteiger partial charge in [-0.2, -0.15) is 0 Å². The predicted octanol–water partition coefficient (Wildman–Crippen LogP) is 0.713. The molecule has 27 heavy (non-hydrogen) atoms. The first-order valence-electron chi connectivity index (χ1n) is 8.80. The first-order valence-corrected chi connectivity index (χ1v) is 10.6. The second-order valence-electron chi connectivity index (χ2n) is 7.04. The quantitative estimate of drug-likeness (QED) is 0.682. The normalized spacial score (nSPS) is 18.6. The molecule has 1 aliphatic heterocycles. The number of sulfone groups is 1. The fraction of sp³-hybridized carbons (Fsp3) is 0.529. The Labute approximate surface area is 158 Å². The van der Waals surface area contributed by atoms with Crippen LogP contribution < -0.4 is 4.74 Å². The molecule has 0 bridgehead atoms. The Kier molecular flexibility index (Phi) is 5.73. The molecule has 3 rings (SSSR count). The van der Waals surface area contributed by atoms with Crippen LogP contribution in [0.4, 0.5) is 0 Å². The summed E-state index contributed by atoms with van der Waals surface area (Å²) in [7, 11) is -3.06. The van der Waals surface area contributed by atoms with Gasteiger partial charge in [0.05, 0.1) is 17.2 Å². The number of carbonyl (C=O) groups excluding carboxylic acids is 1. The average Bonchev–Trinajstić information content (AvgIpc) is 3.27. The van der Waals surface area contributed by atoms with Gasteiger partial charge in [0.15, 0.2) is 16.4 Å². The lowest BCUT2D eigenvalue weighted by Crippen LogP contribution is -2.45. The minimum absolute atomic E-state index is 0.0280. The maximum Gasteiger partial charge on any atom is 0.260 e. The maximum atomic E-state index is 12.7. The van der Waals surface area contributed by atoms with Crippen molar-refractivity contribution < 1.29 is 17.9 Å². The van der Waals surface area contributed by atoms with Crippen molar-refractivity contribution in [2.75, 3.05) is 24.7 Å². The Bertz CT molecular complexity index is 882. The molecule has 1 aromatic carbocycles. The van der Waals surface area contributed by atoms with Crippen LogP contribution in [0.25, 0.3) is 5.69 Å². The van der Waals surface area contributed by atoms with Crippen LogP contribution in [-0.4, -0.2) is 70.1 Å². The van der Waals surface area contributed by atoms with Crippen LogP contribution >= 0.6 is 0 Å². The Morgan fingerprint density at radius 2 is 2.22 bits per heavy atom. The van der Waals surface area contributed by atoms with Gasteiger partial charge >= 0.3 is 0 Å². The molecule has 1 aromatic heterocycles. The van der Waals surface area contributed by atoms with Crippen LogP contribution in [0.2, 0.25) is 0 Å². The Hall–Kier alpha value is -2.49. The van der Waals surface area contributed by atoms with Gasteiger partial charge in [-0.05, 0) is 34.9 Å². The summed E-state index contributed by atoms with van der Waals surface area (Å²) in [4.78, 5) is 14.4. The molecule has 10 heteroatoms. The third-order valence-electron chi connectivity index (χ3n) is 4.32. The number of hydrogen-bond acceptors (Lipinski definition) is 7. The highest BCUT2D eigenvalue weighted by atomic mass is 32.2. The summed E-state index contributed by atoms with van der Waals surface area (Å²) in [5.74, 6) is 0.702. The van der Waals surface area contributed by atoms with E-state index < -0.39 is 9.84 Å². The maximum absolute atomic E-state index is 12.7. The number of amides is 1. The summed E-state index contributed by atoms with van der Waals surface area (Å²) in [6.07, 6.45) is 1.95. The highest BCUT2D eigenvalue weighted by Crippen LogP contribution is 2.20. The Morgan fingerprint density at radius 1 is 1.41 bits per heavy atom. The summed E-state index contributed by atoms with van der Waals surface area (Å²) >= 11 is 0. The highest BCUT2D eigenvalue weighted by molar-refractivity contribution is 7.91. The zero-order valence-electron chi connectivity index (χ0n) is 15.4. The first-order chi connectivity index (χ1) is 12.8. The van der Waals surface area contributed by atoms with E-state index in [1.54, 1.807) is 23.1 Å². The molecule has 2 heterocycles. The van der Waals surface area contributed by atoms with E-state index in [1.165, 1.54) is 11.0 Å². The van der Waals surface area contributed by atoms with Gasteiger partial charge in [0.25, 0.3) is 5.91 Å². The second-order valence-corrected chi connectivity index (χ2v) is 9.27. The van der Waals surface area contributed by atoms with Crippen LogP contribution in [-0.2, 0) is 14.6 Å². The number of aromatic nitrogens is 4. The Balaban J connectivity index is 1.66. The van der Waals surface area contributed by atoms with Crippen molar-refractivity contribution in [1.29, 1.82) is 0 Å². The number of tetrazole rings is 1. The van der Waals surface area contributed by atoms with Crippen molar-refractivity contribution in [3.63, 3.8) is 0 Å². The van der Waals surface area contributed by atoms with Gasteiger partial charge in [0.2, 0.25) is 0 Å². The molecule has 1 aliphatic rings. The molecule has 0 radical (unpaired) electrons. The molecule has 9 nitrogen and oxygen atoms in total. The molecule has 1 amide bonds. The fourth-order valence-electron chi connectivity index (χ4n) is 3.09. The van der Waals surface area contributed by atoms with Crippen LogP contribution in [0.15, 0.2) is 30.6 Å². The topological polar surface area (TPSA) is 107 Å². The summed E-state index contributed by atoms with van der Waals surface area (Å²) in [5, 5.41) is 11.0. The molecule has 0 aliphatic carbocycles. The molecule has 0 spiro atoms. The molecule has 2 aromatic rings. The highest BCUT2D eigenvalue weighted by Gasteiger charge is 2.34. The van der Waals surface area contributed by atoms with Gasteiger partial charge in [-0.1, -0.05) is 19.9 Å². The van der Waals surface area contributed by atoms with Gasteiger partial charge in [-0.3, -0.25) is 4.79 Å². The third-order valence-corrected chi connectivity index (χ3v) is 6.08. The number of carbonyl (C=O) groups is 1. The molecule has 1 saturated heterocycles. The number of ether oxygens (including phenoxy) is 1. The lowest BCUT2D eigenvalue weighted by Gasteiger charge is -2.30. The first kappa shape index (κ1) is 19.3. The smallest absolute Gasteiger partial charge is 0.260 e. The molecular formula is C17H23N5O4S. The standard InChI is InChI=1S/C17H23N5O4S/c1-13(2)9-21(15-6-7-27(24,25)11-15)17(23)10-26-16-5-3-4-14(8-16)22-12-18-19-20-22/h3-5,8,12-13,15H,6-7,9-11H2,1-2H3/t15-/m1/s1. The Morgan fingerprint density at radius 3 is 2.85 bits per heavy atom. The lowest BCUT2D eigenvalue weighted by atomic mass is 10.1. The minimum Gasteiger partial charge on any atom is -0.484 e. The van der Waals surface area contributed by atoms with E-state index in [-0.39, 0.29) is 36.0 Å². The van der Waals surface area contributed by atoms with Crippen molar-refractivity contribution in [2.45, 2.75) is 26.3 Å². The lowest BCUT2D eigenvalue weighted by molar-refractivity contribution is -0.135. The van der Waals surface area contributed by atoms with E-state index in [0.717, 1.165) is 0 Å². The van der Waals surface area contributed by atoms with E-state index in [2.05, 4.69) is 15.5 Å². The predicted molar refractivity (Wildman–Crippen MR) is 98.3 cm³/mol. The van der Waals surface area contributed by atoms with Gasteiger partial charge < -0.3 is 9.64 Å². The van der Waals surface area contributed by atoms with Crippen LogP contribution in [0.1, 0.15) is 20.3 Å². The fourth-order valence-corrected chi connectivity index (χ4v) is 4.82. The van der Waals surface area contributed by atoms with Crippen molar-refractivity contribution >= 4 is 15.7 Å². The van der Waals surface area contributed by atoms with E-state index in [1.807, 2.05) is 19.9 Å². The number of rotatable bonds is 7. The minimum atomic E-state index is -3.06. The van der Waals surface area contributed by atoms with E-state index in [4.69, 9.17) is 4.74 Å². The number of benzene rings is 1. The van der Waals surface area contributed by atoms with Gasteiger partial charge in [0, 0.05) is 18.7 Å². The molecule has 0 saturated carbocycles. The summed E-state index contributed by atoms with van der Waals surface area (Å²) in [6.45, 7) is 4.36. The van der Waals surface area contributed by atoms with E-state index >= 15 is 0 Å². The monoisotopic (exact) mass is 393 g/mol. The molecular weight excluding hydrogens is 370 g/mol. The molecule has 0 N–H and O–H groups in total. The summed E-state index contributed by atoms with van der Waals surface area (Å²) < 4.78 is 30.7. The molecule has 1 fully saturated rings. The van der Waals surface area contributed by atoms with Gasteiger partial charge in [0.1, 0.15) is 12.1 Å². The molecule has 146 valence electrons. The number of nitrogens with zero attached hydrogens (tertiary/aromatic N) is 5. The van der Waals surface area contributed by atoms with Crippen LogP contribution in [0.5, 0.6) is 5.75 Å². The average molecular weight is 393 g/mol. The van der Waals surface area contributed by atoms with Crippen LogP contribution in [0.3, 0.4) is 0 Å². The zero-order chi connectivity index (χ0) is 19.4. The second kappa shape index (κ2) is 8.03. The largest absolute Gasteiger partial charge is 0.484 e. The van der Waals surface area contributed by atoms with E-state index in [9.17, 15) is 13.2 Å². The summed E-state index contributed by atoms with van der Waals surface area (Å²) in [6, 6.07) is 6.80. The third kappa shape index (κ3) is 5.03. The van der Waals surface area contributed by atoms with Gasteiger partial charge in [-0.25, -0.2) is 13.1 Å². The number of hydrogen-bond donors (Lipinski definition) is 0. The summed E-state index contributed by atoms with van der Waals surface area (Å²) in [5.41, 5.74) is 0.714. The van der Waals surface area contributed by atoms with Crippen LogP contribution in [0, 0.1) is 5.92 Å². The van der Waals surface area contributed by atoms with E-state index in [0.29, 0.717) is 24.4 Å².